The van der Waals surface area contributed by atoms with Crippen molar-refractivity contribution in [3.8, 4) is 5.75 Å². The maximum Gasteiger partial charge on any atom is 0.123 e. The quantitative estimate of drug-likeness (QED) is 0.866. The number of benzene rings is 1. The largest absolute Gasteiger partial charge is 0.496 e. The van der Waals surface area contributed by atoms with Crippen LogP contribution in [-0.4, -0.2) is 25.9 Å². The highest BCUT2D eigenvalue weighted by molar-refractivity contribution is 5.38. The Bertz CT molecular complexity index is 444. The Morgan fingerprint density at radius 1 is 1.50 bits per heavy atom. The molecule has 0 saturated carbocycles. The molecule has 0 aliphatic carbocycles. The van der Waals surface area contributed by atoms with Crippen LogP contribution < -0.4 is 10.1 Å². The molecule has 0 amide bonds. The number of hydrogen-bond donors (Lipinski definition) is 1. The first-order chi connectivity index (χ1) is 9.60. The molecule has 1 aliphatic heterocycles. The molecule has 1 aromatic carbocycles. The van der Waals surface area contributed by atoms with Crippen molar-refractivity contribution in [1.82, 2.24) is 5.32 Å². The molecule has 4 heteroatoms. The summed E-state index contributed by atoms with van der Waals surface area (Å²) in [6, 6.07) is 4.61. The summed E-state index contributed by atoms with van der Waals surface area (Å²) in [5.41, 5.74) is 0.529. The highest BCUT2D eigenvalue weighted by atomic mass is 19.1. The fourth-order valence-electron chi connectivity index (χ4n) is 2.90. The van der Waals surface area contributed by atoms with Crippen LogP contribution in [0.5, 0.6) is 5.75 Å². The van der Waals surface area contributed by atoms with E-state index in [0.29, 0.717) is 5.75 Å². The van der Waals surface area contributed by atoms with Gasteiger partial charge in [0.15, 0.2) is 0 Å². The van der Waals surface area contributed by atoms with Crippen molar-refractivity contribution in [2.75, 3.05) is 20.3 Å². The van der Waals surface area contributed by atoms with Gasteiger partial charge in [0.25, 0.3) is 0 Å². The molecule has 1 N–H and O–H groups in total. The van der Waals surface area contributed by atoms with Gasteiger partial charge in [0, 0.05) is 12.2 Å². The molecule has 0 bridgehead atoms. The molecule has 0 aromatic heterocycles. The van der Waals surface area contributed by atoms with Gasteiger partial charge in [0.1, 0.15) is 11.6 Å². The van der Waals surface area contributed by atoms with Crippen LogP contribution in [0.2, 0.25) is 0 Å². The minimum atomic E-state index is -0.309. The van der Waals surface area contributed by atoms with Crippen LogP contribution in [0.4, 0.5) is 4.39 Å². The van der Waals surface area contributed by atoms with E-state index in [2.05, 4.69) is 19.2 Å². The molecule has 1 aliphatic rings. The molecule has 2 atom stereocenters. The van der Waals surface area contributed by atoms with Crippen LogP contribution in [0, 0.1) is 5.82 Å². The summed E-state index contributed by atoms with van der Waals surface area (Å²) in [5, 5.41) is 3.50. The van der Waals surface area contributed by atoms with Gasteiger partial charge < -0.3 is 14.8 Å². The predicted octanol–water partition coefficient (Wildman–Crippen LogP) is 3.44. The van der Waals surface area contributed by atoms with E-state index in [0.717, 1.165) is 38.0 Å². The van der Waals surface area contributed by atoms with E-state index in [1.807, 2.05) is 0 Å². The number of rotatable bonds is 6. The van der Waals surface area contributed by atoms with Crippen LogP contribution in [0.3, 0.4) is 0 Å². The molecule has 3 nitrogen and oxygen atoms in total. The van der Waals surface area contributed by atoms with Gasteiger partial charge in [-0.3, -0.25) is 0 Å². The fourth-order valence-corrected chi connectivity index (χ4v) is 2.90. The summed E-state index contributed by atoms with van der Waals surface area (Å²) in [7, 11) is 1.62. The van der Waals surface area contributed by atoms with Crippen molar-refractivity contribution in [1.29, 1.82) is 0 Å². The highest BCUT2D eigenvalue weighted by Gasteiger charge is 2.40. The molecule has 0 radical (unpaired) electrons. The zero-order valence-electron chi connectivity index (χ0n) is 12.5. The molecule has 20 heavy (non-hydrogen) atoms. The van der Waals surface area contributed by atoms with Crippen molar-refractivity contribution in [3.63, 3.8) is 0 Å². The Hall–Kier alpha value is -1.13. The third-order valence-electron chi connectivity index (χ3n) is 3.96. The van der Waals surface area contributed by atoms with Gasteiger partial charge >= 0.3 is 0 Å². The van der Waals surface area contributed by atoms with Crippen LogP contribution in [0.15, 0.2) is 18.2 Å². The molecule has 1 fully saturated rings. The van der Waals surface area contributed by atoms with Gasteiger partial charge in [0.2, 0.25) is 0 Å². The second-order valence-corrected chi connectivity index (χ2v) is 5.54. The van der Waals surface area contributed by atoms with Crippen LogP contribution >= 0.6 is 0 Å². The maximum atomic E-state index is 13.7. The topological polar surface area (TPSA) is 30.5 Å². The Morgan fingerprint density at radius 3 is 2.90 bits per heavy atom. The number of hydrogen-bond acceptors (Lipinski definition) is 3. The SMILES string of the molecule is CCCNC(c1cc(F)ccc1OC)C1(C)CCCO1. The second-order valence-electron chi connectivity index (χ2n) is 5.54. The fraction of sp³-hybridized carbons (Fsp3) is 0.625. The molecule has 2 unspecified atom stereocenters. The lowest BCUT2D eigenvalue weighted by molar-refractivity contribution is -0.0131. The van der Waals surface area contributed by atoms with Gasteiger partial charge in [-0.2, -0.15) is 0 Å². The van der Waals surface area contributed by atoms with Crippen molar-refractivity contribution in [3.05, 3.63) is 29.6 Å². The van der Waals surface area contributed by atoms with Crippen LogP contribution in [0.25, 0.3) is 0 Å². The summed E-state index contributed by atoms with van der Waals surface area (Å²) in [4.78, 5) is 0. The van der Waals surface area contributed by atoms with Crippen molar-refractivity contribution < 1.29 is 13.9 Å². The monoisotopic (exact) mass is 281 g/mol. The molecule has 0 spiro atoms. The summed E-state index contributed by atoms with van der Waals surface area (Å²) < 4.78 is 25.0. The Morgan fingerprint density at radius 2 is 2.30 bits per heavy atom. The summed E-state index contributed by atoms with van der Waals surface area (Å²) in [5.74, 6) is 0.461. The first-order valence-electron chi connectivity index (χ1n) is 7.31. The number of halogens is 1. The van der Waals surface area contributed by atoms with E-state index in [1.54, 1.807) is 19.2 Å². The molecule has 2 rings (SSSR count). The minimum absolute atomic E-state index is 0.0596. The van der Waals surface area contributed by atoms with E-state index < -0.39 is 0 Å². The molecule has 1 heterocycles. The summed E-state index contributed by atoms with van der Waals surface area (Å²) in [6.07, 6.45) is 3.02. The smallest absolute Gasteiger partial charge is 0.123 e. The minimum Gasteiger partial charge on any atom is -0.496 e. The molecule has 112 valence electrons. The number of methoxy groups -OCH3 is 1. The van der Waals surface area contributed by atoms with E-state index >= 15 is 0 Å². The van der Waals surface area contributed by atoms with Crippen LogP contribution in [0.1, 0.15) is 44.7 Å². The first-order valence-corrected chi connectivity index (χ1v) is 7.31. The molecule has 1 aromatic rings. The normalized spacial score (nSPS) is 23.8. The Balaban J connectivity index is 2.37. The lowest BCUT2D eigenvalue weighted by atomic mass is 9.87. The third kappa shape index (κ3) is 3.13. The number of nitrogens with one attached hydrogen (secondary N) is 1. The van der Waals surface area contributed by atoms with E-state index in [-0.39, 0.29) is 17.5 Å². The first kappa shape index (κ1) is 15.3. The van der Waals surface area contributed by atoms with Gasteiger partial charge in [0.05, 0.1) is 18.8 Å². The van der Waals surface area contributed by atoms with E-state index in [4.69, 9.17) is 9.47 Å². The lowest BCUT2D eigenvalue weighted by Crippen LogP contribution is -2.41. The Labute approximate surface area is 120 Å². The standard InChI is InChI=1S/C16H24FNO2/c1-4-9-18-15(16(2)8-5-10-20-16)13-11-12(17)6-7-14(13)19-3/h6-7,11,15,18H,4-5,8-10H2,1-3H3. The highest BCUT2D eigenvalue weighted by Crippen LogP contribution is 2.40. The van der Waals surface area contributed by atoms with Gasteiger partial charge in [-0.1, -0.05) is 6.92 Å². The summed E-state index contributed by atoms with van der Waals surface area (Å²) in [6.45, 7) is 5.84. The van der Waals surface area contributed by atoms with Crippen molar-refractivity contribution >= 4 is 0 Å². The van der Waals surface area contributed by atoms with E-state index in [1.165, 1.54) is 6.07 Å². The average Bonchev–Trinajstić information content (AvgIpc) is 2.87. The lowest BCUT2D eigenvalue weighted by Gasteiger charge is -2.35. The number of ether oxygens (including phenoxy) is 2. The zero-order valence-corrected chi connectivity index (χ0v) is 12.5. The second kappa shape index (κ2) is 6.55. The third-order valence-corrected chi connectivity index (χ3v) is 3.96. The van der Waals surface area contributed by atoms with E-state index in [9.17, 15) is 4.39 Å². The maximum absolute atomic E-state index is 13.7. The van der Waals surface area contributed by atoms with Gasteiger partial charge in [-0.15, -0.1) is 0 Å². The van der Waals surface area contributed by atoms with Crippen molar-refractivity contribution in [2.24, 2.45) is 0 Å². The molecular weight excluding hydrogens is 257 g/mol. The molecular formula is C16H24FNO2. The predicted molar refractivity (Wildman–Crippen MR) is 77.6 cm³/mol. The van der Waals surface area contributed by atoms with Crippen molar-refractivity contribution in [2.45, 2.75) is 44.8 Å². The van der Waals surface area contributed by atoms with Crippen LogP contribution in [-0.2, 0) is 4.74 Å². The van der Waals surface area contributed by atoms with Gasteiger partial charge in [-0.25, -0.2) is 4.39 Å². The average molecular weight is 281 g/mol. The van der Waals surface area contributed by atoms with Gasteiger partial charge in [-0.05, 0) is 50.9 Å². The zero-order chi connectivity index (χ0) is 14.6. The molecule has 1 saturated heterocycles. The summed E-state index contributed by atoms with van der Waals surface area (Å²) >= 11 is 0. The Kier molecular flexibility index (Phi) is 5.00.